The Morgan fingerprint density at radius 1 is 1.19 bits per heavy atom. The summed E-state index contributed by atoms with van der Waals surface area (Å²) in [5.41, 5.74) is 0.459. The van der Waals surface area contributed by atoms with E-state index < -0.39 is 5.69 Å². The van der Waals surface area contributed by atoms with Crippen LogP contribution in [0.5, 0.6) is 0 Å². The van der Waals surface area contributed by atoms with Crippen LogP contribution in [0.3, 0.4) is 0 Å². The summed E-state index contributed by atoms with van der Waals surface area (Å²) < 4.78 is 11.4. The summed E-state index contributed by atoms with van der Waals surface area (Å²) >= 11 is 9.07. The maximum atomic E-state index is 5.66. The van der Waals surface area contributed by atoms with E-state index in [2.05, 4.69) is 45.0 Å². The largest absolute Gasteiger partial charge is 0.322 e. The van der Waals surface area contributed by atoms with Gasteiger partial charge in [-0.25, -0.2) is 0 Å². The molecule has 1 aromatic carbocycles. The van der Waals surface area contributed by atoms with Crippen LogP contribution in [0.15, 0.2) is 24.3 Å². The molecule has 1 rings (SSSR count). The Morgan fingerprint density at radius 2 is 1.81 bits per heavy atom. The zero-order chi connectivity index (χ0) is 15.9. The van der Waals surface area contributed by atoms with Crippen LogP contribution in [0.1, 0.15) is 38.8 Å². The highest BCUT2D eigenvalue weighted by Crippen LogP contribution is 2.62. The molecular formula is C15H25O2PS3. The Hall–Kier alpha value is 0.490. The van der Waals surface area contributed by atoms with E-state index in [1.165, 1.54) is 11.1 Å². The molecule has 0 aromatic heterocycles. The van der Waals surface area contributed by atoms with E-state index in [4.69, 9.17) is 20.9 Å². The van der Waals surface area contributed by atoms with Crippen LogP contribution in [-0.2, 0) is 25.6 Å². The summed E-state index contributed by atoms with van der Waals surface area (Å²) in [4.78, 5) is 0. The van der Waals surface area contributed by atoms with E-state index in [-0.39, 0.29) is 4.75 Å². The van der Waals surface area contributed by atoms with E-state index in [0.717, 1.165) is 5.08 Å². The minimum absolute atomic E-state index is 0.0532. The van der Waals surface area contributed by atoms with Crippen molar-refractivity contribution in [3.8, 4) is 0 Å². The SMILES string of the molecule is CCOP(=S)(OCC)SCSC(C)(C)c1cccc(C)c1. The summed E-state index contributed by atoms with van der Waals surface area (Å²) in [6.07, 6.45) is 0. The number of benzene rings is 1. The number of rotatable bonds is 9. The smallest absolute Gasteiger partial charge is 0.248 e. The molecule has 6 heteroatoms. The van der Waals surface area contributed by atoms with Crippen LogP contribution in [0, 0.1) is 6.92 Å². The van der Waals surface area contributed by atoms with Gasteiger partial charge in [0.15, 0.2) is 0 Å². The fraction of sp³-hybridized carbons (Fsp3) is 0.600. The lowest BCUT2D eigenvalue weighted by Gasteiger charge is -2.26. The first-order valence-corrected chi connectivity index (χ1v) is 12.3. The minimum atomic E-state index is -2.18. The van der Waals surface area contributed by atoms with Gasteiger partial charge < -0.3 is 9.05 Å². The topological polar surface area (TPSA) is 18.5 Å². The Morgan fingerprint density at radius 3 is 2.33 bits per heavy atom. The average molecular weight is 365 g/mol. The molecule has 0 unspecified atom stereocenters. The predicted octanol–water partition coefficient (Wildman–Crippen LogP) is 5.95. The maximum Gasteiger partial charge on any atom is 0.248 e. The lowest BCUT2D eigenvalue weighted by molar-refractivity contribution is 0.280. The summed E-state index contributed by atoms with van der Waals surface area (Å²) in [6.45, 7) is 11.8. The average Bonchev–Trinajstić information content (AvgIpc) is 2.39. The highest BCUT2D eigenvalue weighted by Gasteiger charge is 2.24. The van der Waals surface area contributed by atoms with Crippen molar-refractivity contribution >= 4 is 40.6 Å². The van der Waals surface area contributed by atoms with Crippen molar-refractivity contribution in [1.29, 1.82) is 0 Å². The van der Waals surface area contributed by atoms with Crippen LogP contribution in [-0.4, -0.2) is 18.3 Å². The molecule has 0 fully saturated rings. The molecule has 2 nitrogen and oxygen atoms in total. The summed E-state index contributed by atoms with van der Waals surface area (Å²) in [5, 5.41) is 0.873. The van der Waals surface area contributed by atoms with Crippen molar-refractivity contribution in [2.45, 2.75) is 39.4 Å². The number of hydrogen-bond donors (Lipinski definition) is 0. The normalized spacial score (nSPS) is 12.6. The maximum absolute atomic E-state index is 5.66. The third kappa shape index (κ3) is 6.64. The van der Waals surface area contributed by atoms with E-state index in [0.29, 0.717) is 13.2 Å². The molecule has 0 saturated heterocycles. The van der Waals surface area contributed by atoms with Gasteiger partial charge in [0.05, 0.1) is 13.2 Å². The van der Waals surface area contributed by atoms with Crippen LogP contribution in [0.25, 0.3) is 0 Å². The monoisotopic (exact) mass is 364 g/mol. The van der Waals surface area contributed by atoms with Crippen molar-refractivity contribution in [2.75, 3.05) is 18.3 Å². The molecule has 0 radical (unpaired) electrons. The third-order valence-electron chi connectivity index (χ3n) is 2.92. The van der Waals surface area contributed by atoms with Crippen LogP contribution in [0.4, 0.5) is 0 Å². The van der Waals surface area contributed by atoms with Gasteiger partial charge >= 0.3 is 0 Å². The Bertz CT molecular complexity index is 482. The second kappa shape index (κ2) is 8.95. The molecule has 0 aliphatic heterocycles. The summed E-state index contributed by atoms with van der Waals surface area (Å²) in [6, 6.07) is 8.68. The molecule has 0 atom stereocenters. The van der Waals surface area contributed by atoms with Crippen molar-refractivity contribution in [2.24, 2.45) is 0 Å². The Labute approximate surface area is 142 Å². The van der Waals surface area contributed by atoms with Gasteiger partial charge in [0.2, 0.25) is 5.69 Å². The van der Waals surface area contributed by atoms with Gasteiger partial charge in [-0.3, -0.25) is 0 Å². The molecule has 0 heterocycles. The third-order valence-corrected chi connectivity index (χ3v) is 10.3. The highest BCUT2D eigenvalue weighted by atomic mass is 32.9. The second-order valence-corrected chi connectivity index (χ2v) is 13.3. The highest BCUT2D eigenvalue weighted by molar-refractivity contribution is 8.69. The Balaban J connectivity index is 2.62. The first-order chi connectivity index (χ1) is 9.83. The lowest BCUT2D eigenvalue weighted by Crippen LogP contribution is -2.12. The van der Waals surface area contributed by atoms with Gasteiger partial charge in [-0.2, -0.15) is 0 Å². The van der Waals surface area contributed by atoms with Crippen molar-refractivity contribution in [3.05, 3.63) is 35.4 Å². The van der Waals surface area contributed by atoms with Gasteiger partial charge in [-0.1, -0.05) is 41.2 Å². The molecule has 0 saturated carbocycles. The Kier molecular flexibility index (Phi) is 8.33. The molecule has 0 spiro atoms. The first-order valence-electron chi connectivity index (χ1n) is 7.07. The molecule has 0 N–H and O–H groups in total. The van der Waals surface area contributed by atoms with Gasteiger partial charge in [-0.05, 0) is 52.0 Å². The van der Waals surface area contributed by atoms with Crippen LogP contribution < -0.4 is 0 Å². The zero-order valence-corrected chi connectivity index (χ0v) is 16.8. The van der Waals surface area contributed by atoms with Gasteiger partial charge in [0, 0.05) is 9.83 Å². The summed E-state index contributed by atoms with van der Waals surface area (Å²) in [7, 11) is 0. The fourth-order valence-electron chi connectivity index (χ4n) is 1.77. The van der Waals surface area contributed by atoms with E-state index in [1.807, 2.05) is 25.6 Å². The fourth-order valence-corrected chi connectivity index (χ4v) is 9.33. The van der Waals surface area contributed by atoms with Gasteiger partial charge in [0.1, 0.15) is 0 Å². The second-order valence-electron chi connectivity index (χ2n) is 5.05. The zero-order valence-electron chi connectivity index (χ0n) is 13.4. The van der Waals surface area contributed by atoms with Crippen LogP contribution in [0.2, 0.25) is 0 Å². The minimum Gasteiger partial charge on any atom is -0.322 e. The number of hydrogen-bond acceptors (Lipinski definition) is 5. The van der Waals surface area contributed by atoms with E-state index in [9.17, 15) is 0 Å². The molecule has 1 aromatic rings. The lowest BCUT2D eigenvalue weighted by atomic mass is 10.0. The van der Waals surface area contributed by atoms with Crippen molar-refractivity contribution in [3.63, 3.8) is 0 Å². The van der Waals surface area contributed by atoms with E-state index >= 15 is 0 Å². The number of thioether (sulfide) groups is 1. The van der Waals surface area contributed by atoms with E-state index in [1.54, 1.807) is 11.4 Å². The molecule has 21 heavy (non-hydrogen) atoms. The van der Waals surface area contributed by atoms with Gasteiger partial charge in [-0.15, -0.1) is 11.8 Å². The molecule has 0 aliphatic rings. The molecule has 0 amide bonds. The van der Waals surface area contributed by atoms with Crippen molar-refractivity contribution in [1.82, 2.24) is 0 Å². The molecule has 120 valence electrons. The molecule has 0 aliphatic carbocycles. The van der Waals surface area contributed by atoms with Gasteiger partial charge in [0.25, 0.3) is 0 Å². The molecule has 0 bridgehead atoms. The predicted molar refractivity (Wildman–Crippen MR) is 102 cm³/mol. The first kappa shape index (κ1) is 19.5. The van der Waals surface area contributed by atoms with Crippen LogP contribution >= 0.6 is 28.8 Å². The molecular weight excluding hydrogens is 339 g/mol. The number of aryl methyl sites for hydroxylation is 1. The standard InChI is InChI=1S/C15H25O2PS3/c1-6-16-18(19,17-7-2)21-12-20-15(4,5)14-10-8-9-13(3)11-14/h8-11H,6-7,12H2,1-5H3. The quantitative estimate of drug-likeness (QED) is 0.397. The summed E-state index contributed by atoms with van der Waals surface area (Å²) in [5.74, 6) is 0. The van der Waals surface area contributed by atoms with Crippen molar-refractivity contribution < 1.29 is 9.05 Å².